The van der Waals surface area contributed by atoms with Gasteiger partial charge in [0.15, 0.2) is 11.5 Å². The molecule has 2 rings (SSSR count). The highest BCUT2D eigenvalue weighted by Crippen LogP contribution is 2.39. The average molecular weight is 401 g/mol. The molecular weight excluding hydrogens is 374 g/mol. The molecule has 0 bridgehead atoms. The molecule has 0 atom stereocenters. The second kappa shape index (κ2) is 10.8. The largest absolute Gasteiger partial charge is 0.493 e. The summed E-state index contributed by atoms with van der Waals surface area (Å²) in [5.74, 6) is 1.09. The molecule has 0 aliphatic heterocycles. The Balaban J connectivity index is 1.84. The highest BCUT2D eigenvalue weighted by atomic mass is 16.5. The topological polar surface area (TPSA) is 89.1 Å². The number of amides is 3. The van der Waals surface area contributed by atoms with Crippen molar-refractivity contribution < 1.29 is 23.8 Å². The lowest BCUT2D eigenvalue weighted by Gasteiger charge is -2.18. The molecule has 0 aliphatic carbocycles. The van der Waals surface area contributed by atoms with Crippen LogP contribution in [0.2, 0.25) is 0 Å². The van der Waals surface area contributed by atoms with Crippen LogP contribution in [0.4, 0.5) is 10.5 Å². The van der Waals surface area contributed by atoms with Crippen molar-refractivity contribution in [2.75, 3.05) is 40.2 Å². The van der Waals surface area contributed by atoms with Gasteiger partial charge >= 0.3 is 6.03 Å². The molecule has 8 heteroatoms. The number of carbonyl (C=O) groups is 2. The predicted molar refractivity (Wildman–Crippen MR) is 111 cm³/mol. The van der Waals surface area contributed by atoms with Crippen LogP contribution in [0.25, 0.3) is 0 Å². The van der Waals surface area contributed by atoms with Gasteiger partial charge in [-0.05, 0) is 5.56 Å². The van der Waals surface area contributed by atoms with Gasteiger partial charge in [0, 0.05) is 44.4 Å². The minimum atomic E-state index is -0.245. The molecule has 2 N–H and O–H groups in total. The van der Waals surface area contributed by atoms with Crippen LogP contribution in [0, 0.1) is 0 Å². The molecule has 8 nitrogen and oxygen atoms in total. The molecule has 3 amide bonds. The van der Waals surface area contributed by atoms with E-state index in [1.807, 2.05) is 30.3 Å². The first-order chi connectivity index (χ1) is 14.0. The summed E-state index contributed by atoms with van der Waals surface area (Å²) in [6.07, 6.45) is 0.127. The first kappa shape index (κ1) is 21.9. The van der Waals surface area contributed by atoms with E-state index in [1.54, 1.807) is 24.1 Å². The van der Waals surface area contributed by atoms with E-state index in [2.05, 4.69) is 10.6 Å². The van der Waals surface area contributed by atoms with Crippen LogP contribution in [0.1, 0.15) is 12.0 Å². The third kappa shape index (κ3) is 6.31. The molecule has 0 radical (unpaired) electrons. The van der Waals surface area contributed by atoms with E-state index < -0.39 is 0 Å². The third-order valence-corrected chi connectivity index (χ3v) is 4.19. The van der Waals surface area contributed by atoms with Crippen molar-refractivity contribution in [3.05, 3.63) is 48.0 Å². The lowest BCUT2D eigenvalue weighted by molar-refractivity contribution is -0.116. The van der Waals surface area contributed by atoms with E-state index >= 15 is 0 Å². The number of methoxy groups -OCH3 is 3. The van der Waals surface area contributed by atoms with E-state index in [0.717, 1.165) is 5.56 Å². The van der Waals surface area contributed by atoms with Crippen molar-refractivity contribution in [3.63, 3.8) is 0 Å². The summed E-state index contributed by atoms with van der Waals surface area (Å²) < 4.78 is 15.8. The van der Waals surface area contributed by atoms with E-state index in [1.165, 1.54) is 21.3 Å². The molecule has 0 aromatic heterocycles. The normalized spacial score (nSPS) is 10.1. The van der Waals surface area contributed by atoms with Gasteiger partial charge in [0.25, 0.3) is 0 Å². The Hall–Kier alpha value is -3.42. The Morgan fingerprint density at radius 1 is 0.966 bits per heavy atom. The summed E-state index contributed by atoms with van der Waals surface area (Å²) in [7, 11) is 6.23. The van der Waals surface area contributed by atoms with Gasteiger partial charge in [-0.25, -0.2) is 4.79 Å². The van der Waals surface area contributed by atoms with Crippen LogP contribution in [0.5, 0.6) is 17.2 Å². The molecule has 29 heavy (non-hydrogen) atoms. The lowest BCUT2D eigenvalue weighted by atomic mass is 10.2. The zero-order valence-corrected chi connectivity index (χ0v) is 17.2. The van der Waals surface area contributed by atoms with Crippen LogP contribution < -0.4 is 24.8 Å². The number of carbonyl (C=O) groups excluding carboxylic acids is 2. The molecule has 2 aromatic carbocycles. The second-order valence-corrected chi connectivity index (χ2v) is 6.29. The molecule has 0 unspecified atom stereocenters. The van der Waals surface area contributed by atoms with Gasteiger partial charge in [-0.15, -0.1) is 0 Å². The van der Waals surface area contributed by atoms with Gasteiger partial charge in [-0.2, -0.15) is 0 Å². The standard InChI is InChI=1S/C21H27N3O5/c1-24(14-15-8-6-5-7-9-15)21(26)22-11-10-19(25)23-16-12-17(27-2)20(29-4)18(13-16)28-3/h5-9,12-13H,10-11,14H2,1-4H3,(H,22,26)(H,23,25). The number of benzene rings is 2. The zero-order valence-electron chi connectivity index (χ0n) is 17.2. The maximum atomic E-state index is 12.2. The Kier molecular flexibility index (Phi) is 8.14. The molecular formula is C21H27N3O5. The first-order valence-electron chi connectivity index (χ1n) is 9.11. The zero-order chi connectivity index (χ0) is 21.2. The summed E-state index contributed by atoms with van der Waals surface area (Å²) in [4.78, 5) is 25.9. The van der Waals surface area contributed by atoms with Gasteiger partial charge in [-0.1, -0.05) is 30.3 Å². The van der Waals surface area contributed by atoms with Gasteiger partial charge in [0.1, 0.15) is 0 Å². The second-order valence-electron chi connectivity index (χ2n) is 6.29. The predicted octanol–water partition coefficient (Wildman–Crippen LogP) is 2.88. The third-order valence-electron chi connectivity index (χ3n) is 4.19. The summed E-state index contributed by atoms with van der Waals surface area (Å²) in [6.45, 7) is 0.707. The fourth-order valence-electron chi connectivity index (χ4n) is 2.72. The van der Waals surface area contributed by atoms with Crippen molar-refractivity contribution in [2.24, 2.45) is 0 Å². The van der Waals surface area contributed by atoms with Crippen molar-refractivity contribution in [1.29, 1.82) is 0 Å². The van der Waals surface area contributed by atoms with Crippen molar-refractivity contribution in [2.45, 2.75) is 13.0 Å². The molecule has 0 saturated carbocycles. The van der Waals surface area contributed by atoms with Gasteiger partial charge in [0.05, 0.1) is 21.3 Å². The Morgan fingerprint density at radius 3 is 2.14 bits per heavy atom. The van der Waals surface area contributed by atoms with Crippen molar-refractivity contribution in [3.8, 4) is 17.2 Å². The maximum Gasteiger partial charge on any atom is 0.317 e. The molecule has 0 fully saturated rings. The van der Waals surface area contributed by atoms with Gasteiger partial charge in [0.2, 0.25) is 11.7 Å². The number of nitrogens with zero attached hydrogens (tertiary/aromatic N) is 1. The van der Waals surface area contributed by atoms with Crippen molar-refractivity contribution >= 4 is 17.6 Å². The van der Waals surface area contributed by atoms with E-state index in [-0.39, 0.29) is 24.9 Å². The van der Waals surface area contributed by atoms with Crippen LogP contribution in [-0.4, -0.2) is 51.8 Å². The molecule has 2 aromatic rings. The lowest BCUT2D eigenvalue weighted by Crippen LogP contribution is -2.38. The number of hydrogen-bond donors (Lipinski definition) is 2. The molecule has 156 valence electrons. The summed E-state index contributed by atoms with van der Waals surface area (Å²) in [5, 5.41) is 5.51. The smallest absolute Gasteiger partial charge is 0.317 e. The highest BCUT2D eigenvalue weighted by molar-refractivity contribution is 5.92. The number of urea groups is 1. The number of hydrogen-bond acceptors (Lipinski definition) is 5. The summed E-state index contributed by atoms with van der Waals surface area (Å²) >= 11 is 0. The van der Waals surface area contributed by atoms with Crippen LogP contribution in [-0.2, 0) is 11.3 Å². The minimum Gasteiger partial charge on any atom is -0.493 e. The number of anilines is 1. The van der Waals surface area contributed by atoms with Crippen LogP contribution in [0.15, 0.2) is 42.5 Å². The van der Waals surface area contributed by atoms with Crippen LogP contribution in [0.3, 0.4) is 0 Å². The molecule has 0 aliphatic rings. The monoisotopic (exact) mass is 401 g/mol. The van der Waals surface area contributed by atoms with E-state index in [9.17, 15) is 9.59 Å². The first-order valence-corrected chi connectivity index (χ1v) is 9.11. The average Bonchev–Trinajstić information content (AvgIpc) is 2.73. The fraction of sp³-hybridized carbons (Fsp3) is 0.333. The summed E-state index contributed by atoms with van der Waals surface area (Å²) in [5.41, 5.74) is 1.54. The number of ether oxygens (including phenoxy) is 3. The van der Waals surface area contributed by atoms with Gasteiger partial charge in [-0.3, -0.25) is 4.79 Å². The van der Waals surface area contributed by atoms with Crippen LogP contribution >= 0.6 is 0 Å². The quantitative estimate of drug-likeness (QED) is 0.674. The fourth-order valence-corrected chi connectivity index (χ4v) is 2.72. The number of nitrogens with one attached hydrogen (secondary N) is 2. The Labute approximate surface area is 170 Å². The molecule has 0 saturated heterocycles. The van der Waals surface area contributed by atoms with Gasteiger partial charge < -0.3 is 29.7 Å². The molecule has 0 heterocycles. The van der Waals surface area contributed by atoms with Crippen molar-refractivity contribution in [1.82, 2.24) is 10.2 Å². The Morgan fingerprint density at radius 2 is 1.59 bits per heavy atom. The highest BCUT2D eigenvalue weighted by Gasteiger charge is 2.15. The Bertz CT molecular complexity index is 801. The minimum absolute atomic E-state index is 0.127. The maximum absolute atomic E-state index is 12.2. The molecule has 0 spiro atoms. The van der Waals surface area contributed by atoms with E-state index in [4.69, 9.17) is 14.2 Å². The SMILES string of the molecule is COc1cc(NC(=O)CCNC(=O)N(C)Cc2ccccc2)cc(OC)c1OC. The number of rotatable bonds is 9. The summed E-state index contributed by atoms with van der Waals surface area (Å²) in [6, 6.07) is 12.7. The van der Waals surface area contributed by atoms with E-state index in [0.29, 0.717) is 29.5 Å².